The molecule has 0 aromatic carbocycles. The van der Waals surface area contributed by atoms with Crippen molar-refractivity contribution in [3.05, 3.63) is 23.6 Å². The van der Waals surface area contributed by atoms with Gasteiger partial charge < -0.3 is 15.4 Å². The lowest BCUT2D eigenvalue weighted by Crippen LogP contribution is -2.26. The molecule has 1 rings (SSSR count). The van der Waals surface area contributed by atoms with Gasteiger partial charge in [-0.2, -0.15) is 0 Å². The van der Waals surface area contributed by atoms with Crippen molar-refractivity contribution < 1.29 is 13.9 Å². The molecule has 18 heavy (non-hydrogen) atoms. The Balaban J connectivity index is 2.51. The Morgan fingerprint density at radius 2 is 2.33 bits per heavy atom. The predicted molar refractivity (Wildman–Crippen MR) is 67.2 cm³/mol. The van der Waals surface area contributed by atoms with Gasteiger partial charge in [0.1, 0.15) is 0 Å². The largest absolute Gasteiger partial charge is 0.382 e. The predicted octanol–water partition coefficient (Wildman–Crippen LogP) is 1.42. The third-order valence-corrected chi connectivity index (χ3v) is 2.33. The molecule has 5 nitrogen and oxygen atoms in total. The number of hydrogen-bond donors (Lipinski definition) is 2. The van der Waals surface area contributed by atoms with Crippen molar-refractivity contribution >= 4 is 11.7 Å². The molecule has 0 atom stereocenters. The van der Waals surface area contributed by atoms with Crippen molar-refractivity contribution in [2.75, 3.05) is 32.1 Å². The first-order valence-corrected chi connectivity index (χ1v) is 5.88. The summed E-state index contributed by atoms with van der Waals surface area (Å²) >= 11 is 0. The number of nitrogens with zero attached hydrogens (tertiary/aromatic N) is 1. The summed E-state index contributed by atoms with van der Waals surface area (Å²) in [7, 11) is 1.55. The molecule has 0 aliphatic rings. The van der Waals surface area contributed by atoms with Crippen molar-refractivity contribution in [2.24, 2.45) is 0 Å². The van der Waals surface area contributed by atoms with Gasteiger partial charge in [-0.25, -0.2) is 9.37 Å². The lowest BCUT2D eigenvalue weighted by atomic mass is 10.2. The molecule has 0 spiro atoms. The Bertz CT molecular complexity index is 399. The summed E-state index contributed by atoms with van der Waals surface area (Å²) in [6.07, 6.45) is 2.09. The summed E-state index contributed by atoms with van der Waals surface area (Å²) in [6.45, 7) is 3.59. The SMILES string of the molecule is CCOCCCNC(=O)c1ccnc(NC)c1F. The van der Waals surface area contributed by atoms with E-state index in [-0.39, 0.29) is 11.4 Å². The number of carbonyl (C=O) groups excluding carboxylic acids is 1. The van der Waals surface area contributed by atoms with Crippen LogP contribution in [-0.2, 0) is 4.74 Å². The van der Waals surface area contributed by atoms with Gasteiger partial charge in [-0.1, -0.05) is 0 Å². The summed E-state index contributed by atoms with van der Waals surface area (Å²) in [4.78, 5) is 15.5. The normalized spacial score (nSPS) is 10.2. The van der Waals surface area contributed by atoms with Crippen molar-refractivity contribution in [2.45, 2.75) is 13.3 Å². The average molecular weight is 255 g/mol. The van der Waals surface area contributed by atoms with Crippen LogP contribution in [0, 0.1) is 5.82 Å². The van der Waals surface area contributed by atoms with Crippen LogP contribution in [0.3, 0.4) is 0 Å². The second-order valence-electron chi connectivity index (χ2n) is 3.58. The van der Waals surface area contributed by atoms with Crippen LogP contribution in [0.2, 0.25) is 0 Å². The molecule has 100 valence electrons. The first kappa shape index (κ1) is 14.4. The van der Waals surface area contributed by atoms with Gasteiger partial charge in [-0.3, -0.25) is 4.79 Å². The summed E-state index contributed by atoms with van der Waals surface area (Å²) in [5, 5.41) is 5.22. The Morgan fingerprint density at radius 3 is 3.00 bits per heavy atom. The van der Waals surface area contributed by atoms with Gasteiger partial charge in [0.2, 0.25) is 0 Å². The molecule has 0 radical (unpaired) electrons. The molecule has 0 fully saturated rings. The summed E-state index contributed by atoms with van der Waals surface area (Å²) in [5.41, 5.74) is -0.00856. The van der Waals surface area contributed by atoms with E-state index in [1.807, 2.05) is 6.92 Å². The van der Waals surface area contributed by atoms with E-state index >= 15 is 0 Å². The van der Waals surface area contributed by atoms with Gasteiger partial charge in [0, 0.05) is 33.0 Å². The molecule has 2 N–H and O–H groups in total. The highest BCUT2D eigenvalue weighted by Crippen LogP contribution is 2.13. The smallest absolute Gasteiger partial charge is 0.254 e. The van der Waals surface area contributed by atoms with E-state index in [2.05, 4.69) is 15.6 Å². The molecular weight excluding hydrogens is 237 g/mol. The van der Waals surface area contributed by atoms with Crippen molar-refractivity contribution in [3.8, 4) is 0 Å². The average Bonchev–Trinajstić information content (AvgIpc) is 2.38. The number of pyridine rings is 1. The molecule has 0 saturated carbocycles. The van der Waals surface area contributed by atoms with E-state index < -0.39 is 11.7 Å². The second-order valence-corrected chi connectivity index (χ2v) is 3.58. The van der Waals surface area contributed by atoms with Gasteiger partial charge in [-0.05, 0) is 19.4 Å². The lowest BCUT2D eigenvalue weighted by Gasteiger charge is -2.08. The van der Waals surface area contributed by atoms with Crippen molar-refractivity contribution in [1.29, 1.82) is 0 Å². The van der Waals surface area contributed by atoms with Crippen molar-refractivity contribution in [1.82, 2.24) is 10.3 Å². The first-order chi connectivity index (χ1) is 8.70. The lowest BCUT2D eigenvalue weighted by molar-refractivity contribution is 0.0940. The molecule has 6 heteroatoms. The Morgan fingerprint density at radius 1 is 1.56 bits per heavy atom. The van der Waals surface area contributed by atoms with Crippen LogP contribution in [0.25, 0.3) is 0 Å². The third kappa shape index (κ3) is 3.96. The molecule has 1 heterocycles. The van der Waals surface area contributed by atoms with Crippen LogP contribution in [0.15, 0.2) is 12.3 Å². The molecule has 0 unspecified atom stereocenters. The van der Waals surface area contributed by atoms with Crippen LogP contribution in [-0.4, -0.2) is 37.7 Å². The fourth-order valence-electron chi connectivity index (χ4n) is 1.41. The number of rotatable bonds is 7. The number of hydrogen-bond acceptors (Lipinski definition) is 4. The highest BCUT2D eigenvalue weighted by molar-refractivity contribution is 5.95. The Kier molecular flexibility index (Phi) is 6.07. The van der Waals surface area contributed by atoms with E-state index in [0.29, 0.717) is 26.2 Å². The third-order valence-electron chi connectivity index (χ3n) is 2.33. The highest BCUT2D eigenvalue weighted by atomic mass is 19.1. The molecular formula is C12H18FN3O2. The minimum Gasteiger partial charge on any atom is -0.382 e. The summed E-state index contributed by atoms with van der Waals surface area (Å²) in [6, 6.07) is 1.36. The van der Waals surface area contributed by atoms with Gasteiger partial charge >= 0.3 is 0 Å². The van der Waals surface area contributed by atoms with Crippen LogP contribution in [0.4, 0.5) is 10.2 Å². The van der Waals surface area contributed by atoms with E-state index in [0.717, 1.165) is 0 Å². The number of carbonyl (C=O) groups is 1. The zero-order valence-corrected chi connectivity index (χ0v) is 10.6. The van der Waals surface area contributed by atoms with E-state index in [4.69, 9.17) is 4.74 Å². The summed E-state index contributed by atoms with van der Waals surface area (Å²) in [5.74, 6) is -1.01. The van der Waals surface area contributed by atoms with Crippen LogP contribution >= 0.6 is 0 Å². The van der Waals surface area contributed by atoms with Crippen LogP contribution < -0.4 is 10.6 Å². The van der Waals surface area contributed by atoms with E-state index in [1.165, 1.54) is 12.3 Å². The molecule has 0 saturated heterocycles. The zero-order valence-electron chi connectivity index (χ0n) is 10.6. The number of aromatic nitrogens is 1. The fraction of sp³-hybridized carbons (Fsp3) is 0.500. The number of nitrogens with one attached hydrogen (secondary N) is 2. The maximum absolute atomic E-state index is 13.7. The minimum absolute atomic E-state index is 0.00856. The molecule has 0 aliphatic heterocycles. The Labute approximate surface area is 106 Å². The maximum Gasteiger partial charge on any atom is 0.254 e. The van der Waals surface area contributed by atoms with Gasteiger partial charge in [-0.15, -0.1) is 0 Å². The molecule has 0 bridgehead atoms. The van der Waals surface area contributed by atoms with Gasteiger partial charge in [0.05, 0.1) is 5.56 Å². The monoisotopic (exact) mass is 255 g/mol. The maximum atomic E-state index is 13.7. The minimum atomic E-state index is -0.637. The van der Waals surface area contributed by atoms with Crippen LogP contribution in [0.1, 0.15) is 23.7 Å². The van der Waals surface area contributed by atoms with Crippen molar-refractivity contribution in [3.63, 3.8) is 0 Å². The second kappa shape index (κ2) is 7.60. The molecule has 1 aromatic rings. The number of amides is 1. The first-order valence-electron chi connectivity index (χ1n) is 5.88. The quantitative estimate of drug-likeness (QED) is 0.723. The molecule has 1 aromatic heterocycles. The van der Waals surface area contributed by atoms with E-state index in [1.54, 1.807) is 7.05 Å². The highest BCUT2D eigenvalue weighted by Gasteiger charge is 2.14. The van der Waals surface area contributed by atoms with Gasteiger partial charge in [0.15, 0.2) is 11.6 Å². The fourth-order valence-corrected chi connectivity index (χ4v) is 1.41. The van der Waals surface area contributed by atoms with E-state index in [9.17, 15) is 9.18 Å². The molecule has 1 amide bonds. The van der Waals surface area contributed by atoms with Gasteiger partial charge in [0.25, 0.3) is 5.91 Å². The number of anilines is 1. The molecule has 0 aliphatic carbocycles. The number of ether oxygens (including phenoxy) is 1. The zero-order chi connectivity index (χ0) is 13.4. The standard InChI is InChI=1S/C12H18FN3O2/c1-3-18-8-4-6-16-12(17)9-5-7-15-11(14-2)10(9)13/h5,7H,3-4,6,8H2,1-2H3,(H,14,15)(H,16,17). The van der Waals surface area contributed by atoms with Crippen LogP contribution in [0.5, 0.6) is 0 Å². The topological polar surface area (TPSA) is 63.2 Å². The number of halogens is 1. The Hall–Kier alpha value is -1.69. The summed E-state index contributed by atoms with van der Waals surface area (Å²) < 4.78 is 18.9.